The number of hydrogen-bond acceptors (Lipinski definition) is 5. The monoisotopic (exact) mass is 632 g/mol. The smallest absolute Gasteiger partial charge is 0.379 e. The van der Waals surface area contributed by atoms with Gasteiger partial charge in [-0.3, -0.25) is 4.79 Å². The summed E-state index contributed by atoms with van der Waals surface area (Å²) in [5.74, 6) is -0.606. The van der Waals surface area contributed by atoms with Crippen LogP contribution in [0.5, 0.6) is 5.75 Å². The van der Waals surface area contributed by atoms with Crippen molar-refractivity contribution in [3.63, 3.8) is 0 Å². The van der Waals surface area contributed by atoms with E-state index < -0.39 is 5.97 Å². The number of fused-ring (bicyclic) bond motifs is 1. The van der Waals surface area contributed by atoms with E-state index in [0.29, 0.717) is 10.0 Å². The van der Waals surface area contributed by atoms with Crippen LogP contribution >= 0.6 is 47.8 Å². The van der Waals surface area contributed by atoms with Crippen LogP contribution in [0.15, 0.2) is 89.9 Å². The lowest BCUT2D eigenvalue weighted by Gasteiger charge is -2.10. The molecular formula is C24H15Br3N2O4. The Bertz CT molecular complexity index is 1370. The fourth-order valence-electron chi connectivity index (χ4n) is 3.19. The third kappa shape index (κ3) is 5.61. The second kappa shape index (κ2) is 10.5. The van der Waals surface area contributed by atoms with Gasteiger partial charge in [-0.2, -0.15) is 5.10 Å². The van der Waals surface area contributed by atoms with Crippen LogP contribution in [-0.2, 0) is 11.2 Å². The number of rotatable bonds is 6. The van der Waals surface area contributed by atoms with E-state index in [1.165, 1.54) is 18.5 Å². The minimum absolute atomic E-state index is 0.0720. The molecule has 3 aromatic carbocycles. The van der Waals surface area contributed by atoms with Gasteiger partial charge in [0.1, 0.15) is 0 Å². The number of benzene rings is 3. The van der Waals surface area contributed by atoms with Gasteiger partial charge >= 0.3 is 5.97 Å². The van der Waals surface area contributed by atoms with Crippen molar-refractivity contribution < 1.29 is 18.7 Å². The van der Waals surface area contributed by atoms with E-state index in [9.17, 15) is 9.59 Å². The average molecular weight is 635 g/mol. The van der Waals surface area contributed by atoms with E-state index in [4.69, 9.17) is 9.15 Å². The zero-order valence-electron chi connectivity index (χ0n) is 16.8. The summed E-state index contributed by atoms with van der Waals surface area (Å²) in [6.07, 6.45) is 2.96. The Morgan fingerprint density at radius 1 is 0.970 bits per heavy atom. The molecule has 0 bridgehead atoms. The summed E-state index contributed by atoms with van der Waals surface area (Å²) in [5.41, 5.74) is 3.90. The van der Waals surface area contributed by atoms with Crippen LogP contribution in [0, 0.1) is 0 Å². The Hall–Kier alpha value is -2.75. The Morgan fingerprint density at radius 2 is 1.76 bits per heavy atom. The van der Waals surface area contributed by atoms with Gasteiger partial charge in [-0.25, -0.2) is 10.2 Å². The number of nitrogens with zero attached hydrogens (tertiary/aromatic N) is 1. The summed E-state index contributed by atoms with van der Waals surface area (Å²) in [7, 11) is 0. The Balaban J connectivity index is 1.50. The predicted octanol–water partition coefficient (Wildman–Crippen LogP) is 6.63. The Kier molecular flexibility index (Phi) is 7.42. The summed E-state index contributed by atoms with van der Waals surface area (Å²) in [5, 5.41) is 6.09. The number of halogens is 3. The highest BCUT2D eigenvalue weighted by Gasteiger charge is 2.17. The highest BCUT2D eigenvalue weighted by atomic mass is 79.9. The molecule has 0 aliphatic carbocycles. The lowest BCUT2D eigenvalue weighted by molar-refractivity contribution is -0.120. The van der Waals surface area contributed by atoms with Crippen LogP contribution < -0.4 is 10.2 Å². The number of carbonyl (C=O) groups excluding carboxylic acids is 2. The molecule has 0 aliphatic heterocycles. The number of esters is 1. The van der Waals surface area contributed by atoms with E-state index in [1.807, 2.05) is 36.4 Å². The van der Waals surface area contributed by atoms with Gasteiger partial charge in [0.05, 0.1) is 23.4 Å². The van der Waals surface area contributed by atoms with Gasteiger partial charge in [-0.1, -0.05) is 62.2 Å². The van der Waals surface area contributed by atoms with E-state index in [2.05, 4.69) is 58.3 Å². The molecule has 4 aromatic rings. The maximum Gasteiger partial charge on any atom is 0.379 e. The standard InChI is InChI=1S/C24H15Br3N2O4/c25-16-10-15(23(20(27)12-16)33-24(31)21-6-3-9-32-21)13-28-29-22(30)11-14-7-8-19(26)18-5-2-1-4-17(14)18/h1-10,12-13H,11H2,(H,29,30)/b28-13+. The summed E-state index contributed by atoms with van der Waals surface area (Å²) in [6.45, 7) is 0. The van der Waals surface area contributed by atoms with Crippen molar-refractivity contribution in [3.05, 3.63) is 97.2 Å². The van der Waals surface area contributed by atoms with Crippen molar-refractivity contribution in [1.82, 2.24) is 5.43 Å². The molecule has 1 N–H and O–H groups in total. The molecule has 0 saturated heterocycles. The Morgan fingerprint density at radius 3 is 2.52 bits per heavy atom. The molecule has 166 valence electrons. The molecule has 1 heterocycles. The third-order valence-corrected chi connectivity index (χ3v) is 6.40. The molecule has 0 radical (unpaired) electrons. The molecule has 0 saturated carbocycles. The number of hydrazone groups is 1. The average Bonchev–Trinajstić information content (AvgIpc) is 3.33. The van der Waals surface area contributed by atoms with Crippen molar-refractivity contribution in [2.24, 2.45) is 5.10 Å². The zero-order valence-corrected chi connectivity index (χ0v) is 21.6. The largest absolute Gasteiger partial charge is 0.457 e. The van der Waals surface area contributed by atoms with Gasteiger partial charge in [0, 0.05) is 14.5 Å². The Labute approximate surface area is 214 Å². The van der Waals surface area contributed by atoms with Crippen LogP contribution in [0.4, 0.5) is 0 Å². The van der Waals surface area contributed by atoms with Crippen molar-refractivity contribution >= 4 is 76.7 Å². The first-order valence-corrected chi connectivity index (χ1v) is 12.0. The molecule has 1 amide bonds. The number of furan rings is 1. The van der Waals surface area contributed by atoms with Crippen LogP contribution in [0.3, 0.4) is 0 Å². The van der Waals surface area contributed by atoms with Crippen molar-refractivity contribution in [2.75, 3.05) is 0 Å². The van der Waals surface area contributed by atoms with Gasteiger partial charge in [0.15, 0.2) is 5.75 Å². The first kappa shape index (κ1) is 23.4. The predicted molar refractivity (Wildman–Crippen MR) is 137 cm³/mol. The van der Waals surface area contributed by atoms with Gasteiger partial charge in [-0.15, -0.1) is 0 Å². The maximum atomic E-state index is 12.5. The van der Waals surface area contributed by atoms with Crippen LogP contribution in [-0.4, -0.2) is 18.1 Å². The summed E-state index contributed by atoms with van der Waals surface area (Å²) in [6, 6.07) is 18.3. The van der Waals surface area contributed by atoms with E-state index in [0.717, 1.165) is 25.3 Å². The highest BCUT2D eigenvalue weighted by molar-refractivity contribution is 9.11. The van der Waals surface area contributed by atoms with Crippen molar-refractivity contribution in [1.29, 1.82) is 0 Å². The number of ether oxygens (including phenoxy) is 1. The summed E-state index contributed by atoms with van der Waals surface area (Å²) < 4.78 is 12.8. The van der Waals surface area contributed by atoms with E-state index in [1.54, 1.807) is 18.2 Å². The fourth-order valence-corrected chi connectivity index (χ4v) is 5.00. The van der Waals surface area contributed by atoms with Crippen LogP contribution in [0.1, 0.15) is 21.7 Å². The van der Waals surface area contributed by atoms with Crippen LogP contribution in [0.2, 0.25) is 0 Å². The van der Waals surface area contributed by atoms with Gasteiger partial charge in [-0.05, 0) is 62.6 Å². The highest BCUT2D eigenvalue weighted by Crippen LogP contribution is 2.33. The lowest BCUT2D eigenvalue weighted by atomic mass is 10.0. The number of carbonyl (C=O) groups is 2. The molecule has 0 fully saturated rings. The quantitative estimate of drug-likeness (QED) is 0.112. The molecule has 0 spiro atoms. The molecule has 0 unspecified atom stereocenters. The van der Waals surface area contributed by atoms with Crippen LogP contribution in [0.25, 0.3) is 10.8 Å². The van der Waals surface area contributed by atoms with Gasteiger partial charge in [0.25, 0.3) is 0 Å². The second-order valence-corrected chi connectivity index (χ2v) is 9.52. The summed E-state index contributed by atoms with van der Waals surface area (Å²) >= 11 is 10.3. The van der Waals surface area contributed by atoms with Gasteiger partial charge in [0.2, 0.25) is 11.7 Å². The van der Waals surface area contributed by atoms with E-state index >= 15 is 0 Å². The first-order chi connectivity index (χ1) is 15.9. The zero-order chi connectivity index (χ0) is 23.4. The molecule has 1 aromatic heterocycles. The molecule has 0 atom stereocenters. The molecule has 0 aliphatic rings. The maximum absolute atomic E-state index is 12.5. The normalized spacial score (nSPS) is 11.1. The number of nitrogens with one attached hydrogen (secondary N) is 1. The third-order valence-electron chi connectivity index (χ3n) is 4.66. The molecule has 33 heavy (non-hydrogen) atoms. The fraction of sp³-hybridized carbons (Fsp3) is 0.0417. The van der Waals surface area contributed by atoms with Crippen molar-refractivity contribution in [3.8, 4) is 5.75 Å². The molecular weight excluding hydrogens is 620 g/mol. The second-order valence-electron chi connectivity index (χ2n) is 6.89. The SMILES string of the molecule is O=C(Cc1ccc(Br)c2ccccc12)N/N=C/c1cc(Br)cc(Br)c1OC(=O)c1ccco1. The van der Waals surface area contributed by atoms with Gasteiger partial charge < -0.3 is 9.15 Å². The van der Waals surface area contributed by atoms with E-state index in [-0.39, 0.29) is 23.8 Å². The number of hydrogen-bond donors (Lipinski definition) is 1. The molecule has 6 nitrogen and oxygen atoms in total. The first-order valence-electron chi connectivity index (χ1n) is 9.65. The molecule has 4 rings (SSSR count). The summed E-state index contributed by atoms with van der Waals surface area (Å²) in [4.78, 5) is 24.8. The number of amides is 1. The minimum atomic E-state index is -0.649. The topological polar surface area (TPSA) is 80.9 Å². The van der Waals surface area contributed by atoms with Crippen molar-refractivity contribution in [2.45, 2.75) is 6.42 Å². The minimum Gasteiger partial charge on any atom is -0.457 e. The lowest BCUT2D eigenvalue weighted by Crippen LogP contribution is -2.20. The molecule has 9 heteroatoms.